The van der Waals surface area contributed by atoms with Crippen molar-refractivity contribution in [2.24, 2.45) is 0 Å². The summed E-state index contributed by atoms with van der Waals surface area (Å²) in [6, 6.07) is 14.4. The van der Waals surface area contributed by atoms with Crippen LogP contribution in [0.3, 0.4) is 0 Å². The molecule has 3 aromatic rings. The van der Waals surface area contributed by atoms with Gasteiger partial charge in [0.25, 0.3) is 0 Å². The number of benzene rings is 1. The number of nitrogens with two attached hydrogens (primary N) is 1. The van der Waals surface area contributed by atoms with Gasteiger partial charge in [0, 0.05) is 10.9 Å². The highest BCUT2D eigenvalue weighted by molar-refractivity contribution is 8.01. The van der Waals surface area contributed by atoms with Crippen molar-refractivity contribution in [3.05, 3.63) is 42.5 Å². The van der Waals surface area contributed by atoms with Crippen LogP contribution >= 0.6 is 23.1 Å². The summed E-state index contributed by atoms with van der Waals surface area (Å²) >= 11 is 3.56. The average Bonchev–Trinajstić information content (AvgIpc) is 2.84. The first-order chi connectivity index (χ1) is 10.3. The molecule has 0 saturated heterocycles. The predicted octanol–water partition coefficient (Wildman–Crippen LogP) is 5.44. The summed E-state index contributed by atoms with van der Waals surface area (Å²) < 4.78 is 1.20. The van der Waals surface area contributed by atoms with E-state index in [-0.39, 0.29) is 0 Å². The van der Waals surface area contributed by atoms with Crippen LogP contribution in [0.2, 0.25) is 0 Å². The van der Waals surface area contributed by atoms with Crippen molar-refractivity contribution < 1.29 is 0 Å². The van der Waals surface area contributed by atoms with Crippen LogP contribution < -0.4 is 5.73 Å². The SMILES string of the molecule is CCCCSc1sc2nc(-c3ccccc3)ccc2c1N. The predicted molar refractivity (Wildman–Crippen MR) is 95.1 cm³/mol. The van der Waals surface area contributed by atoms with Gasteiger partial charge in [-0.05, 0) is 24.3 Å². The van der Waals surface area contributed by atoms with Crippen molar-refractivity contribution in [1.29, 1.82) is 0 Å². The van der Waals surface area contributed by atoms with Gasteiger partial charge in [-0.15, -0.1) is 23.1 Å². The number of pyridine rings is 1. The van der Waals surface area contributed by atoms with Crippen molar-refractivity contribution in [3.63, 3.8) is 0 Å². The van der Waals surface area contributed by atoms with Gasteiger partial charge >= 0.3 is 0 Å². The summed E-state index contributed by atoms with van der Waals surface area (Å²) in [4.78, 5) is 5.82. The van der Waals surface area contributed by atoms with E-state index in [0.717, 1.165) is 32.9 Å². The first-order valence-corrected chi connectivity index (χ1v) is 8.97. The lowest BCUT2D eigenvalue weighted by Crippen LogP contribution is -1.86. The maximum absolute atomic E-state index is 6.26. The third-order valence-corrected chi connectivity index (χ3v) is 5.85. The van der Waals surface area contributed by atoms with Gasteiger partial charge in [0.2, 0.25) is 0 Å². The van der Waals surface area contributed by atoms with Crippen molar-refractivity contribution in [2.75, 3.05) is 11.5 Å². The fourth-order valence-electron chi connectivity index (χ4n) is 2.16. The molecular formula is C17H18N2S2. The molecule has 21 heavy (non-hydrogen) atoms. The second-order valence-corrected chi connectivity index (χ2v) is 7.28. The van der Waals surface area contributed by atoms with Crippen LogP contribution in [0.25, 0.3) is 21.5 Å². The van der Waals surface area contributed by atoms with E-state index in [2.05, 4.69) is 31.2 Å². The lowest BCUT2D eigenvalue weighted by molar-refractivity contribution is 0.897. The van der Waals surface area contributed by atoms with Crippen molar-refractivity contribution in [3.8, 4) is 11.3 Å². The minimum absolute atomic E-state index is 0.892. The van der Waals surface area contributed by atoms with Gasteiger partial charge in [0.1, 0.15) is 4.83 Å². The van der Waals surface area contributed by atoms with Crippen molar-refractivity contribution in [2.45, 2.75) is 24.0 Å². The topological polar surface area (TPSA) is 38.9 Å². The standard InChI is InChI=1S/C17H18N2S2/c1-2-3-11-20-17-15(18)13-9-10-14(19-16(13)21-17)12-7-5-4-6-8-12/h4-10H,2-3,11,18H2,1H3. The number of thiophene rings is 1. The number of fused-ring (bicyclic) bond motifs is 1. The first-order valence-electron chi connectivity index (χ1n) is 7.17. The minimum Gasteiger partial charge on any atom is -0.397 e. The summed E-state index contributed by atoms with van der Waals surface area (Å²) in [5.41, 5.74) is 9.31. The van der Waals surface area contributed by atoms with Crippen LogP contribution in [0.5, 0.6) is 0 Å². The number of hydrogen-bond donors (Lipinski definition) is 1. The Labute approximate surface area is 133 Å². The highest BCUT2D eigenvalue weighted by Gasteiger charge is 2.11. The van der Waals surface area contributed by atoms with E-state index in [0.29, 0.717) is 0 Å². The number of thioether (sulfide) groups is 1. The van der Waals surface area contributed by atoms with E-state index in [1.54, 1.807) is 11.3 Å². The average molecular weight is 314 g/mol. The first kappa shape index (κ1) is 14.4. The number of aromatic nitrogens is 1. The molecule has 0 saturated carbocycles. The normalized spacial score (nSPS) is 11.1. The number of nitrogens with zero attached hydrogens (tertiary/aromatic N) is 1. The van der Waals surface area contributed by atoms with Crippen molar-refractivity contribution >= 4 is 39.0 Å². The Balaban J connectivity index is 1.95. The van der Waals surface area contributed by atoms with Gasteiger partial charge in [0.05, 0.1) is 15.6 Å². The zero-order chi connectivity index (χ0) is 14.7. The van der Waals surface area contributed by atoms with Crippen LogP contribution in [0.15, 0.2) is 46.7 Å². The van der Waals surface area contributed by atoms with E-state index < -0.39 is 0 Å². The summed E-state index contributed by atoms with van der Waals surface area (Å²) in [5.74, 6) is 1.12. The zero-order valence-electron chi connectivity index (χ0n) is 12.0. The lowest BCUT2D eigenvalue weighted by Gasteiger charge is -2.00. The fourth-order valence-corrected chi connectivity index (χ4v) is 4.60. The lowest BCUT2D eigenvalue weighted by atomic mass is 10.1. The maximum Gasteiger partial charge on any atom is 0.127 e. The molecule has 0 aliphatic heterocycles. The zero-order valence-corrected chi connectivity index (χ0v) is 13.6. The molecule has 0 radical (unpaired) electrons. The molecule has 1 aromatic carbocycles. The van der Waals surface area contributed by atoms with Crippen LogP contribution in [0.4, 0.5) is 5.69 Å². The fraction of sp³-hybridized carbons (Fsp3) is 0.235. The number of nitrogen functional groups attached to an aromatic ring is 1. The van der Waals surface area contributed by atoms with E-state index in [9.17, 15) is 0 Å². The second kappa shape index (κ2) is 6.50. The Hall–Kier alpha value is -1.52. The molecule has 2 nitrogen and oxygen atoms in total. The minimum atomic E-state index is 0.892. The van der Waals surface area contributed by atoms with Crippen molar-refractivity contribution in [1.82, 2.24) is 4.98 Å². The van der Waals surface area contributed by atoms with Gasteiger partial charge in [-0.25, -0.2) is 4.98 Å². The maximum atomic E-state index is 6.26. The van der Waals surface area contributed by atoms with Crippen LogP contribution in [0.1, 0.15) is 19.8 Å². The molecule has 4 heteroatoms. The molecule has 0 atom stereocenters. The molecule has 0 spiro atoms. The van der Waals surface area contributed by atoms with Crippen LogP contribution in [0, 0.1) is 0 Å². The molecule has 0 aliphatic rings. The summed E-state index contributed by atoms with van der Waals surface area (Å²) in [7, 11) is 0. The van der Waals surface area contributed by atoms with E-state index in [1.165, 1.54) is 17.1 Å². The Kier molecular flexibility index (Phi) is 4.46. The Bertz CT molecular complexity index is 735. The van der Waals surface area contributed by atoms with Gasteiger partial charge in [-0.2, -0.15) is 0 Å². The highest BCUT2D eigenvalue weighted by atomic mass is 32.2. The van der Waals surface area contributed by atoms with Gasteiger partial charge in [-0.1, -0.05) is 43.7 Å². The summed E-state index contributed by atoms with van der Waals surface area (Å²) in [6.45, 7) is 2.21. The van der Waals surface area contributed by atoms with Crippen LogP contribution in [-0.2, 0) is 0 Å². The van der Waals surface area contributed by atoms with Gasteiger partial charge in [0.15, 0.2) is 0 Å². The van der Waals surface area contributed by atoms with Crippen LogP contribution in [-0.4, -0.2) is 10.7 Å². The number of unbranched alkanes of at least 4 members (excludes halogenated alkanes) is 1. The Morgan fingerprint density at radius 1 is 1.14 bits per heavy atom. The Morgan fingerprint density at radius 3 is 2.71 bits per heavy atom. The number of rotatable bonds is 5. The molecule has 0 amide bonds. The second-order valence-electron chi connectivity index (χ2n) is 4.92. The van der Waals surface area contributed by atoms with E-state index in [1.807, 2.05) is 30.0 Å². The smallest absolute Gasteiger partial charge is 0.127 e. The molecule has 0 bridgehead atoms. The monoisotopic (exact) mass is 314 g/mol. The van der Waals surface area contributed by atoms with Gasteiger partial charge in [-0.3, -0.25) is 0 Å². The largest absolute Gasteiger partial charge is 0.397 e. The summed E-state index contributed by atoms with van der Waals surface area (Å²) in [6.07, 6.45) is 2.44. The van der Waals surface area contributed by atoms with E-state index >= 15 is 0 Å². The third kappa shape index (κ3) is 3.06. The molecule has 2 N–H and O–H groups in total. The number of hydrogen-bond acceptors (Lipinski definition) is 4. The molecule has 2 heterocycles. The number of anilines is 1. The molecule has 0 unspecified atom stereocenters. The molecular weight excluding hydrogens is 296 g/mol. The van der Waals surface area contributed by atoms with Gasteiger partial charge < -0.3 is 5.73 Å². The summed E-state index contributed by atoms with van der Waals surface area (Å²) in [5, 5.41) is 1.08. The molecule has 0 fully saturated rings. The third-order valence-electron chi connectivity index (χ3n) is 3.36. The molecule has 2 aromatic heterocycles. The van der Waals surface area contributed by atoms with E-state index in [4.69, 9.17) is 10.7 Å². The Morgan fingerprint density at radius 2 is 1.95 bits per heavy atom. The highest BCUT2D eigenvalue weighted by Crippen LogP contribution is 2.40. The molecule has 108 valence electrons. The molecule has 0 aliphatic carbocycles. The molecule has 3 rings (SSSR count). The quantitative estimate of drug-likeness (QED) is 0.503.